The van der Waals surface area contributed by atoms with Crippen LogP contribution in [0.25, 0.3) is 11.3 Å². The summed E-state index contributed by atoms with van der Waals surface area (Å²) < 4.78 is 38.6. The normalized spacial score (nSPS) is 11.1. The topological polar surface area (TPSA) is 110 Å². The molecule has 3 aromatic rings. The quantitative estimate of drug-likeness (QED) is 0.633. The summed E-state index contributed by atoms with van der Waals surface area (Å²) in [5.41, 5.74) is 0.739. The average Bonchev–Trinajstić information content (AvgIpc) is 2.69. The molecule has 0 unspecified atom stereocenters. The van der Waals surface area contributed by atoms with Gasteiger partial charge in [-0.2, -0.15) is 5.10 Å². The van der Waals surface area contributed by atoms with Gasteiger partial charge in [-0.25, -0.2) is 13.5 Å². The highest BCUT2D eigenvalue weighted by atomic mass is 35.5. The first-order chi connectivity index (χ1) is 13.3. The number of benzene rings is 2. The monoisotopic (exact) mass is 421 g/mol. The molecule has 0 aliphatic rings. The molecule has 2 aromatic carbocycles. The third-order valence-corrected chi connectivity index (χ3v) is 5.70. The second-order valence-electron chi connectivity index (χ2n) is 5.62. The first-order valence-corrected chi connectivity index (χ1v) is 9.80. The minimum absolute atomic E-state index is 0.0353. The molecule has 0 aliphatic carbocycles. The molecular weight excluding hydrogens is 406 g/mol. The van der Waals surface area contributed by atoms with E-state index in [1.54, 1.807) is 18.2 Å². The summed E-state index contributed by atoms with van der Waals surface area (Å²) >= 11 is 6.13. The van der Waals surface area contributed by atoms with Crippen LogP contribution in [0.5, 0.6) is 11.5 Å². The number of hydrogen-bond donors (Lipinski definition) is 2. The Kier molecular flexibility index (Phi) is 5.57. The highest BCUT2D eigenvalue weighted by molar-refractivity contribution is 7.92. The summed E-state index contributed by atoms with van der Waals surface area (Å²) in [5.74, 6) is 0.807. The zero-order chi connectivity index (χ0) is 20.3. The van der Waals surface area contributed by atoms with Crippen LogP contribution >= 0.6 is 11.6 Å². The number of halogens is 1. The Hall–Kier alpha value is -3.04. The van der Waals surface area contributed by atoms with Crippen molar-refractivity contribution in [1.29, 1.82) is 0 Å². The molecule has 0 bridgehead atoms. The van der Waals surface area contributed by atoms with Crippen LogP contribution in [0, 0.1) is 0 Å². The molecule has 0 atom stereocenters. The molecule has 3 rings (SSSR count). The van der Waals surface area contributed by atoms with Crippen LogP contribution in [0.4, 0.5) is 5.69 Å². The Balaban J connectivity index is 2.01. The van der Waals surface area contributed by atoms with Crippen molar-refractivity contribution >= 4 is 27.3 Å². The number of nitrogens with zero attached hydrogens (tertiary/aromatic N) is 1. The molecule has 8 nitrogen and oxygen atoms in total. The van der Waals surface area contributed by atoms with E-state index in [1.165, 1.54) is 44.6 Å². The Labute approximate surface area is 166 Å². The first-order valence-electron chi connectivity index (χ1n) is 7.94. The molecule has 0 radical (unpaired) electrons. The van der Waals surface area contributed by atoms with Crippen molar-refractivity contribution in [3.63, 3.8) is 0 Å². The van der Waals surface area contributed by atoms with Crippen LogP contribution in [0.3, 0.4) is 0 Å². The smallest absolute Gasteiger partial charge is 0.264 e. The van der Waals surface area contributed by atoms with E-state index in [9.17, 15) is 13.2 Å². The largest absolute Gasteiger partial charge is 0.497 e. The average molecular weight is 422 g/mol. The van der Waals surface area contributed by atoms with E-state index >= 15 is 0 Å². The Morgan fingerprint density at radius 3 is 2.46 bits per heavy atom. The van der Waals surface area contributed by atoms with E-state index in [-0.39, 0.29) is 26.9 Å². The minimum Gasteiger partial charge on any atom is -0.497 e. The maximum absolute atomic E-state index is 12.9. The molecule has 146 valence electrons. The van der Waals surface area contributed by atoms with Gasteiger partial charge in [0.2, 0.25) is 0 Å². The lowest BCUT2D eigenvalue weighted by Gasteiger charge is -2.14. The lowest BCUT2D eigenvalue weighted by Crippen LogP contribution is -2.14. The van der Waals surface area contributed by atoms with E-state index in [1.807, 2.05) is 0 Å². The number of aromatic nitrogens is 2. The van der Waals surface area contributed by atoms with Crippen molar-refractivity contribution in [2.45, 2.75) is 4.90 Å². The SMILES string of the molecule is COc1ccc(NS(=O)(=O)c2cc(-c3ccc(=O)[nH]n3)ccc2Cl)c(OC)c1. The van der Waals surface area contributed by atoms with Gasteiger partial charge in [-0.3, -0.25) is 9.52 Å². The summed E-state index contributed by atoms with van der Waals surface area (Å²) in [7, 11) is -1.12. The number of aromatic amines is 1. The Morgan fingerprint density at radius 1 is 1.04 bits per heavy atom. The number of rotatable bonds is 6. The molecule has 0 spiro atoms. The van der Waals surface area contributed by atoms with Crippen molar-refractivity contribution in [2.75, 3.05) is 18.9 Å². The number of sulfonamides is 1. The van der Waals surface area contributed by atoms with Crippen molar-refractivity contribution < 1.29 is 17.9 Å². The lowest BCUT2D eigenvalue weighted by atomic mass is 10.1. The maximum Gasteiger partial charge on any atom is 0.264 e. The van der Waals surface area contributed by atoms with Crippen LogP contribution in [0.2, 0.25) is 5.02 Å². The van der Waals surface area contributed by atoms with Crippen LogP contribution < -0.4 is 19.8 Å². The molecular formula is C18H16ClN3O5S. The molecule has 10 heteroatoms. The van der Waals surface area contributed by atoms with Gasteiger partial charge in [-0.15, -0.1) is 0 Å². The van der Waals surface area contributed by atoms with E-state index in [2.05, 4.69) is 14.9 Å². The molecule has 1 aromatic heterocycles. The summed E-state index contributed by atoms with van der Waals surface area (Å²) in [5, 5.41) is 6.24. The molecule has 0 saturated carbocycles. The number of nitrogens with one attached hydrogen (secondary N) is 2. The number of H-pyrrole nitrogens is 1. The van der Waals surface area contributed by atoms with Gasteiger partial charge in [0.25, 0.3) is 15.6 Å². The second-order valence-corrected chi connectivity index (χ2v) is 7.68. The zero-order valence-electron chi connectivity index (χ0n) is 14.9. The third kappa shape index (κ3) is 4.10. The van der Waals surface area contributed by atoms with Gasteiger partial charge in [0.05, 0.1) is 30.6 Å². The Morgan fingerprint density at radius 2 is 1.82 bits per heavy atom. The van der Waals surface area contributed by atoms with Gasteiger partial charge >= 0.3 is 0 Å². The van der Waals surface area contributed by atoms with Crippen LogP contribution in [0.15, 0.2) is 58.2 Å². The number of hydrogen-bond acceptors (Lipinski definition) is 6. The predicted molar refractivity (Wildman–Crippen MR) is 106 cm³/mol. The van der Waals surface area contributed by atoms with E-state index in [0.717, 1.165) is 0 Å². The zero-order valence-corrected chi connectivity index (χ0v) is 16.5. The summed E-state index contributed by atoms with van der Waals surface area (Å²) in [6.45, 7) is 0. The van der Waals surface area contributed by atoms with Gasteiger partial charge < -0.3 is 9.47 Å². The van der Waals surface area contributed by atoms with Crippen molar-refractivity contribution in [3.8, 4) is 22.8 Å². The first kappa shape index (κ1) is 19.7. The standard InChI is InChI=1S/C18H16ClN3O5S/c1-26-12-4-6-15(16(10-12)27-2)22-28(24,25)17-9-11(3-5-13(17)19)14-7-8-18(23)21-20-14/h3-10,22H,1-2H3,(H,21,23). The van der Waals surface area contributed by atoms with Gasteiger partial charge in [-0.1, -0.05) is 17.7 Å². The molecule has 0 amide bonds. The predicted octanol–water partition coefficient (Wildman–Crippen LogP) is 2.91. The summed E-state index contributed by atoms with van der Waals surface area (Å²) in [6, 6.07) is 11.9. The lowest BCUT2D eigenvalue weighted by molar-refractivity contribution is 0.395. The number of methoxy groups -OCH3 is 2. The maximum atomic E-state index is 12.9. The Bertz CT molecular complexity index is 1160. The van der Waals surface area contributed by atoms with Crippen LogP contribution in [0.1, 0.15) is 0 Å². The van der Waals surface area contributed by atoms with Crippen molar-refractivity contribution in [2.24, 2.45) is 0 Å². The molecule has 1 heterocycles. The van der Waals surface area contributed by atoms with Crippen molar-refractivity contribution in [1.82, 2.24) is 10.2 Å². The number of anilines is 1. The summed E-state index contributed by atoms with van der Waals surface area (Å²) in [6.07, 6.45) is 0. The van der Waals surface area contributed by atoms with Crippen molar-refractivity contribution in [3.05, 3.63) is 63.9 Å². The second kappa shape index (κ2) is 7.91. The van der Waals surface area contributed by atoms with Gasteiger partial charge in [0, 0.05) is 17.7 Å². The van der Waals surface area contributed by atoms with E-state index < -0.39 is 10.0 Å². The fourth-order valence-electron chi connectivity index (χ4n) is 2.46. The van der Waals surface area contributed by atoms with Crippen LogP contribution in [-0.4, -0.2) is 32.8 Å². The van der Waals surface area contributed by atoms with Gasteiger partial charge in [0.15, 0.2) is 0 Å². The van der Waals surface area contributed by atoms with Crippen LogP contribution in [-0.2, 0) is 10.0 Å². The van der Waals surface area contributed by atoms with Gasteiger partial charge in [0.1, 0.15) is 16.4 Å². The summed E-state index contributed by atoms with van der Waals surface area (Å²) in [4.78, 5) is 11.0. The number of ether oxygens (including phenoxy) is 2. The van der Waals surface area contributed by atoms with Gasteiger partial charge in [-0.05, 0) is 30.3 Å². The molecule has 0 saturated heterocycles. The molecule has 2 N–H and O–H groups in total. The third-order valence-electron chi connectivity index (χ3n) is 3.85. The fourth-order valence-corrected chi connectivity index (χ4v) is 4.05. The fraction of sp³-hybridized carbons (Fsp3) is 0.111. The highest BCUT2D eigenvalue weighted by Crippen LogP contribution is 2.33. The van der Waals surface area contributed by atoms with E-state index in [4.69, 9.17) is 21.1 Å². The van der Waals surface area contributed by atoms with E-state index in [0.29, 0.717) is 17.0 Å². The highest BCUT2D eigenvalue weighted by Gasteiger charge is 2.21. The molecule has 28 heavy (non-hydrogen) atoms. The molecule has 0 aliphatic heterocycles. The minimum atomic E-state index is -4.04. The molecule has 0 fully saturated rings.